The van der Waals surface area contributed by atoms with Crippen LogP contribution in [-0.2, 0) is 0 Å². The molecule has 2 nitrogen and oxygen atoms in total. The van der Waals surface area contributed by atoms with Crippen LogP contribution in [0.25, 0.3) is 0 Å². The molecule has 0 saturated carbocycles. The summed E-state index contributed by atoms with van der Waals surface area (Å²) in [5.74, 6) is 1.13. The third kappa shape index (κ3) is 2.93. The molecule has 1 aliphatic heterocycles. The van der Waals surface area contributed by atoms with Crippen LogP contribution in [0.3, 0.4) is 0 Å². The Hall–Kier alpha value is -1.61. The van der Waals surface area contributed by atoms with Crippen molar-refractivity contribution in [1.82, 2.24) is 0 Å². The Labute approximate surface area is 125 Å². The Morgan fingerprint density at radius 2 is 1.60 bits per heavy atom. The summed E-state index contributed by atoms with van der Waals surface area (Å²) >= 11 is 1.93. The Bertz CT molecular complexity index is 556. The average Bonchev–Trinajstić information content (AvgIpc) is 2.51. The van der Waals surface area contributed by atoms with Gasteiger partial charge in [0, 0.05) is 37.3 Å². The molecular formula is C17H20N2S. The van der Waals surface area contributed by atoms with Crippen molar-refractivity contribution in [3.05, 3.63) is 54.6 Å². The van der Waals surface area contributed by atoms with Crippen molar-refractivity contribution < 1.29 is 0 Å². The van der Waals surface area contributed by atoms with Crippen LogP contribution in [0.2, 0.25) is 0 Å². The minimum Gasteiger partial charge on any atom is -0.371 e. The number of hydrogen-bond acceptors (Lipinski definition) is 3. The van der Waals surface area contributed by atoms with Crippen LogP contribution in [0.1, 0.15) is 0 Å². The lowest BCUT2D eigenvalue weighted by Crippen LogP contribution is -2.40. The lowest BCUT2D eigenvalue weighted by molar-refractivity contribution is 0.757. The van der Waals surface area contributed by atoms with Crippen LogP contribution >= 0.6 is 11.8 Å². The standard InChI is InChI=1S/C17H20N2S/c1-18-11-12-19(17-10-6-5-9-16(17)18)13-14-20-15-7-3-2-4-8-15/h2-10H,11-14H2,1H3. The van der Waals surface area contributed by atoms with E-state index in [2.05, 4.69) is 71.4 Å². The van der Waals surface area contributed by atoms with Crippen LogP contribution in [0.15, 0.2) is 59.5 Å². The molecule has 104 valence electrons. The van der Waals surface area contributed by atoms with Gasteiger partial charge in [-0.2, -0.15) is 0 Å². The fourth-order valence-electron chi connectivity index (χ4n) is 2.59. The fraction of sp³-hybridized carbons (Fsp3) is 0.294. The fourth-order valence-corrected chi connectivity index (χ4v) is 3.49. The number of hydrogen-bond donors (Lipinski definition) is 0. The molecule has 0 aromatic heterocycles. The predicted octanol–water partition coefficient (Wildman–Crippen LogP) is 3.74. The van der Waals surface area contributed by atoms with Gasteiger partial charge in [0.1, 0.15) is 0 Å². The minimum atomic E-state index is 1.10. The Balaban J connectivity index is 1.63. The number of anilines is 2. The summed E-state index contributed by atoms with van der Waals surface area (Å²) in [7, 11) is 2.18. The summed E-state index contributed by atoms with van der Waals surface area (Å²) < 4.78 is 0. The topological polar surface area (TPSA) is 6.48 Å². The van der Waals surface area contributed by atoms with E-state index in [1.807, 2.05) is 11.8 Å². The molecule has 0 unspecified atom stereocenters. The predicted molar refractivity (Wildman–Crippen MR) is 89.1 cm³/mol. The van der Waals surface area contributed by atoms with E-state index in [9.17, 15) is 0 Å². The molecule has 0 aliphatic carbocycles. The van der Waals surface area contributed by atoms with Crippen LogP contribution in [0.5, 0.6) is 0 Å². The molecular weight excluding hydrogens is 264 g/mol. The van der Waals surface area contributed by atoms with Gasteiger partial charge >= 0.3 is 0 Å². The van der Waals surface area contributed by atoms with Gasteiger partial charge in [0.15, 0.2) is 0 Å². The van der Waals surface area contributed by atoms with Crippen LogP contribution in [0, 0.1) is 0 Å². The molecule has 0 bridgehead atoms. The molecule has 0 atom stereocenters. The van der Waals surface area contributed by atoms with Gasteiger partial charge in [0.2, 0.25) is 0 Å². The molecule has 2 aromatic rings. The smallest absolute Gasteiger partial charge is 0.0604 e. The molecule has 0 amide bonds. The zero-order valence-electron chi connectivity index (χ0n) is 11.8. The largest absolute Gasteiger partial charge is 0.371 e. The number of thioether (sulfide) groups is 1. The Morgan fingerprint density at radius 3 is 2.40 bits per heavy atom. The van der Waals surface area contributed by atoms with E-state index in [1.165, 1.54) is 16.3 Å². The molecule has 0 N–H and O–H groups in total. The van der Waals surface area contributed by atoms with Gasteiger partial charge in [-0.1, -0.05) is 30.3 Å². The highest BCUT2D eigenvalue weighted by molar-refractivity contribution is 7.99. The molecule has 3 rings (SSSR count). The number of nitrogens with zero attached hydrogens (tertiary/aromatic N) is 2. The summed E-state index contributed by atoms with van der Waals surface area (Å²) in [4.78, 5) is 6.21. The van der Waals surface area contributed by atoms with E-state index in [-0.39, 0.29) is 0 Å². The first kappa shape index (κ1) is 13.4. The average molecular weight is 284 g/mol. The minimum absolute atomic E-state index is 1.10. The van der Waals surface area contributed by atoms with E-state index >= 15 is 0 Å². The molecule has 0 saturated heterocycles. The van der Waals surface area contributed by atoms with Crippen molar-refractivity contribution >= 4 is 23.1 Å². The van der Waals surface area contributed by atoms with E-state index < -0.39 is 0 Å². The maximum atomic E-state index is 2.51. The first-order valence-electron chi connectivity index (χ1n) is 7.07. The zero-order chi connectivity index (χ0) is 13.8. The van der Waals surface area contributed by atoms with E-state index in [1.54, 1.807) is 0 Å². The highest BCUT2D eigenvalue weighted by Gasteiger charge is 2.18. The Kier molecular flexibility index (Phi) is 4.16. The number of benzene rings is 2. The van der Waals surface area contributed by atoms with Crippen molar-refractivity contribution in [3.63, 3.8) is 0 Å². The second-order valence-corrected chi connectivity index (χ2v) is 6.23. The van der Waals surface area contributed by atoms with E-state index in [0.29, 0.717) is 0 Å². The second-order valence-electron chi connectivity index (χ2n) is 5.06. The summed E-state index contributed by atoms with van der Waals surface area (Å²) in [6, 6.07) is 19.4. The van der Waals surface area contributed by atoms with Crippen molar-refractivity contribution in [1.29, 1.82) is 0 Å². The number of fused-ring (bicyclic) bond motifs is 1. The summed E-state index contributed by atoms with van der Waals surface area (Å²) in [5, 5.41) is 0. The van der Waals surface area contributed by atoms with E-state index in [0.717, 1.165) is 25.4 Å². The molecule has 2 aromatic carbocycles. The van der Waals surface area contributed by atoms with Crippen molar-refractivity contribution in [3.8, 4) is 0 Å². The van der Waals surface area contributed by atoms with Gasteiger partial charge < -0.3 is 9.80 Å². The van der Waals surface area contributed by atoms with Gasteiger partial charge in [-0.25, -0.2) is 0 Å². The maximum absolute atomic E-state index is 2.51. The molecule has 0 radical (unpaired) electrons. The van der Waals surface area contributed by atoms with Gasteiger partial charge in [0.05, 0.1) is 11.4 Å². The highest BCUT2D eigenvalue weighted by atomic mass is 32.2. The first-order valence-corrected chi connectivity index (χ1v) is 8.06. The zero-order valence-corrected chi connectivity index (χ0v) is 12.6. The van der Waals surface area contributed by atoms with Gasteiger partial charge in [0.25, 0.3) is 0 Å². The second kappa shape index (κ2) is 6.23. The Morgan fingerprint density at radius 1 is 0.900 bits per heavy atom. The lowest BCUT2D eigenvalue weighted by Gasteiger charge is -2.37. The number of likely N-dealkylation sites (N-methyl/N-ethyl adjacent to an activating group) is 1. The third-order valence-electron chi connectivity index (χ3n) is 3.71. The third-order valence-corrected chi connectivity index (χ3v) is 4.70. The summed E-state index contributed by atoms with van der Waals surface area (Å²) in [6.45, 7) is 3.32. The van der Waals surface area contributed by atoms with Gasteiger partial charge in [-0.15, -0.1) is 11.8 Å². The monoisotopic (exact) mass is 284 g/mol. The normalized spacial score (nSPS) is 14.2. The van der Waals surface area contributed by atoms with Crippen LogP contribution in [-0.4, -0.2) is 32.4 Å². The van der Waals surface area contributed by atoms with Crippen molar-refractivity contribution in [2.24, 2.45) is 0 Å². The van der Waals surface area contributed by atoms with Crippen LogP contribution in [0.4, 0.5) is 11.4 Å². The molecule has 1 heterocycles. The molecule has 0 fully saturated rings. The number of para-hydroxylation sites is 2. The molecule has 20 heavy (non-hydrogen) atoms. The van der Waals surface area contributed by atoms with Crippen molar-refractivity contribution in [2.75, 3.05) is 42.2 Å². The number of rotatable bonds is 4. The molecule has 3 heteroatoms. The molecule has 1 aliphatic rings. The van der Waals surface area contributed by atoms with Gasteiger partial charge in [-0.3, -0.25) is 0 Å². The SMILES string of the molecule is CN1CCN(CCSc2ccccc2)c2ccccc21. The quantitative estimate of drug-likeness (QED) is 0.790. The first-order chi connectivity index (χ1) is 9.84. The van der Waals surface area contributed by atoms with Gasteiger partial charge in [-0.05, 0) is 24.3 Å². The summed E-state index contributed by atoms with van der Waals surface area (Å²) in [6.07, 6.45) is 0. The van der Waals surface area contributed by atoms with E-state index in [4.69, 9.17) is 0 Å². The maximum Gasteiger partial charge on any atom is 0.0604 e. The summed E-state index contributed by atoms with van der Waals surface area (Å²) in [5.41, 5.74) is 2.72. The highest BCUT2D eigenvalue weighted by Crippen LogP contribution is 2.32. The lowest BCUT2D eigenvalue weighted by atomic mass is 10.2. The van der Waals surface area contributed by atoms with Crippen molar-refractivity contribution in [2.45, 2.75) is 4.90 Å². The van der Waals surface area contributed by atoms with Crippen LogP contribution < -0.4 is 9.80 Å². The molecule has 0 spiro atoms.